The number of hydrogen-bond donors (Lipinski definition) is 0. The monoisotopic (exact) mass is 581 g/mol. The summed E-state index contributed by atoms with van der Waals surface area (Å²) in [5, 5.41) is 14.7. The van der Waals surface area contributed by atoms with Gasteiger partial charge in [-0.05, 0) is 82.9 Å². The smallest absolute Gasteiger partial charge is 0.411 e. The van der Waals surface area contributed by atoms with Crippen molar-refractivity contribution in [2.45, 2.75) is 71.6 Å². The van der Waals surface area contributed by atoms with E-state index in [1.165, 1.54) is 0 Å². The highest BCUT2D eigenvalue weighted by Crippen LogP contribution is 2.47. The van der Waals surface area contributed by atoms with Crippen molar-refractivity contribution >= 4 is 16.9 Å². The van der Waals surface area contributed by atoms with Crippen LogP contribution in [0.5, 0.6) is 0 Å². The van der Waals surface area contributed by atoms with Crippen LogP contribution in [0.15, 0.2) is 59.9 Å². The topological polar surface area (TPSA) is 100 Å². The highest BCUT2D eigenvalue weighted by molar-refractivity contribution is 5.82. The Morgan fingerprint density at radius 1 is 0.953 bits per heavy atom. The van der Waals surface area contributed by atoms with E-state index in [-0.39, 0.29) is 29.7 Å². The Morgan fingerprint density at radius 3 is 2.37 bits per heavy atom. The number of carbonyl (C=O) groups excluding carboxylic acids is 1. The van der Waals surface area contributed by atoms with Gasteiger partial charge in [0.15, 0.2) is 0 Å². The lowest BCUT2D eigenvalue weighted by molar-refractivity contribution is 0.0124. The summed E-state index contributed by atoms with van der Waals surface area (Å²) in [6, 6.07) is 8.76. The molecule has 3 aromatic heterocycles. The average Bonchev–Trinajstić information content (AvgIpc) is 3.62. The Balaban J connectivity index is 1.42. The molecule has 0 spiro atoms. The highest BCUT2D eigenvalue weighted by atomic mass is 19.1. The van der Waals surface area contributed by atoms with Crippen LogP contribution in [0.4, 0.5) is 9.18 Å². The first-order chi connectivity index (χ1) is 20.5. The molecule has 11 heteroatoms. The maximum absolute atomic E-state index is 14.7. The largest absolute Gasteiger partial charge is 0.444 e. The Bertz CT molecular complexity index is 1960. The minimum absolute atomic E-state index is 0.0535. The van der Waals surface area contributed by atoms with Gasteiger partial charge in [-0.25, -0.2) is 18.7 Å². The standard InChI is InChI=1S/C32H32FN7O3/c1-18-12-24(13-19(2)28(18)33)40-29(27-25(36-40)15-23-8-9-26(27)39(23)31(42)43-32(3,4)5)38-11-10-37(30(38)41)22-7-6-20-16-34-35-17-21(20)14-22/h6-7,10-14,16-17,23,26H,8-9,15H2,1-5H3/t23-,26+/m1/s1. The van der Waals surface area contributed by atoms with E-state index >= 15 is 0 Å². The molecule has 43 heavy (non-hydrogen) atoms. The first-order valence-corrected chi connectivity index (χ1v) is 14.4. The van der Waals surface area contributed by atoms with Gasteiger partial charge >= 0.3 is 11.8 Å². The SMILES string of the molecule is Cc1cc(-n2nc3c(c2-n2ccn(-c4ccc5cnncc5c4)c2=O)[C@@H]2CC[C@H](C3)N2C(=O)OC(C)(C)C)cc(C)c1F. The molecule has 220 valence electrons. The van der Waals surface area contributed by atoms with Crippen LogP contribution in [0, 0.1) is 19.7 Å². The molecule has 0 N–H and O–H groups in total. The molecule has 0 saturated carbocycles. The molecule has 0 radical (unpaired) electrons. The zero-order valence-electron chi connectivity index (χ0n) is 24.7. The second-order valence-corrected chi connectivity index (χ2v) is 12.5. The molecule has 7 rings (SSSR count). The maximum atomic E-state index is 14.7. The average molecular weight is 582 g/mol. The molecule has 2 atom stereocenters. The van der Waals surface area contributed by atoms with E-state index in [9.17, 15) is 14.0 Å². The lowest BCUT2D eigenvalue weighted by Crippen LogP contribution is -2.44. The molecule has 0 aliphatic carbocycles. The Morgan fingerprint density at radius 2 is 1.65 bits per heavy atom. The van der Waals surface area contributed by atoms with Crippen molar-refractivity contribution in [2.75, 3.05) is 0 Å². The molecular weight excluding hydrogens is 549 g/mol. The maximum Gasteiger partial charge on any atom is 0.411 e. The number of amides is 1. The molecule has 2 aliphatic rings. The molecule has 1 amide bonds. The predicted octanol–water partition coefficient (Wildman–Crippen LogP) is 5.51. The van der Waals surface area contributed by atoms with Gasteiger partial charge in [0.2, 0.25) is 0 Å². The molecule has 0 unspecified atom stereocenters. The van der Waals surface area contributed by atoms with Crippen molar-refractivity contribution in [3.8, 4) is 17.2 Å². The summed E-state index contributed by atoms with van der Waals surface area (Å²) in [6.07, 6.45) is 8.46. The highest BCUT2D eigenvalue weighted by Gasteiger charge is 2.48. The van der Waals surface area contributed by atoms with Crippen molar-refractivity contribution in [3.05, 3.63) is 93.8 Å². The third-order valence-corrected chi connectivity index (χ3v) is 8.32. The fourth-order valence-electron chi connectivity index (χ4n) is 6.46. The van der Waals surface area contributed by atoms with E-state index in [1.54, 1.807) is 64.6 Å². The van der Waals surface area contributed by atoms with Crippen LogP contribution >= 0.6 is 0 Å². The Kier molecular flexibility index (Phi) is 6.05. The van der Waals surface area contributed by atoms with Crippen molar-refractivity contribution in [2.24, 2.45) is 0 Å². The number of rotatable bonds is 3. The number of halogens is 1. The molecule has 10 nitrogen and oxygen atoms in total. The van der Waals surface area contributed by atoms with Crippen molar-refractivity contribution in [3.63, 3.8) is 0 Å². The zero-order chi connectivity index (χ0) is 30.2. The van der Waals surface area contributed by atoms with Gasteiger partial charge in [0.1, 0.15) is 17.2 Å². The Labute approximate surface area is 247 Å². The van der Waals surface area contributed by atoms with E-state index in [2.05, 4.69) is 10.2 Å². The number of nitrogens with zero attached hydrogens (tertiary/aromatic N) is 7. The van der Waals surface area contributed by atoms with Gasteiger partial charge in [-0.3, -0.25) is 14.0 Å². The number of imidazole rings is 1. The quantitative estimate of drug-likeness (QED) is 0.279. The summed E-state index contributed by atoms with van der Waals surface area (Å²) in [5.74, 6) is 0.261. The number of benzene rings is 2. The van der Waals surface area contributed by atoms with Crippen molar-refractivity contribution in [1.29, 1.82) is 0 Å². The second-order valence-electron chi connectivity index (χ2n) is 12.5. The molecule has 1 saturated heterocycles. The number of aromatic nitrogens is 6. The van der Waals surface area contributed by atoms with Crippen LogP contribution in [0.1, 0.15) is 62.0 Å². The zero-order valence-corrected chi connectivity index (χ0v) is 24.7. The van der Waals surface area contributed by atoms with Gasteiger partial charge in [0.25, 0.3) is 0 Å². The van der Waals surface area contributed by atoms with E-state index in [0.717, 1.165) is 34.9 Å². The molecule has 5 aromatic rings. The number of ether oxygens (including phenoxy) is 1. The molecule has 2 aliphatic heterocycles. The molecule has 2 bridgehead atoms. The minimum atomic E-state index is -0.646. The van der Waals surface area contributed by atoms with E-state index in [0.29, 0.717) is 34.7 Å². The number of hydrogen-bond acceptors (Lipinski definition) is 6. The fourth-order valence-corrected chi connectivity index (χ4v) is 6.46. The number of aryl methyl sites for hydroxylation is 2. The molecule has 1 fully saturated rings. The van der Waals surface area contributed by atoms with E-state index in [4.69, 9.17) is 9.84 Å². The second kappa shape index (κ2) is 9.62. The predicted molar refractivity (Wildman–Crippen MR) is 159 cm³/mol. The van der Waals surface area contributed by atoms with E-state index < -0.39 is 5.60 Å². The van der Waals surface area contributed by atoms with Gasteiger partial charge in [0, 0.05) is 41.2 Å². The van der Waals surface area contributed by atoms with Crippen LogP contribution < -0.4 is 5.69 Å². The van der Waals surface area contributed by atoms with E-state index in [1.807, 2.05) is 43.9 Å². The molecule has 2 aromatic carbocycles. The van der Waals surface area contributed by atoms with Crippen LogP contribution in [-0.2, 0) is 11.2 Å². The molecular formula is C32H32FN7O3. The van der Waals surface area contributed by atoms with Crippen molar-refractivity contribution < 1.29 is 13.9 Å². The first-order valence-electron chi connectivity index (χ1n) is 14.4. The first kappa shape index (κ1) is 27.1. The normalized spacial score (nSPS) is 17.9. The van der Waals surface area contributed by atoms with Gasteiger partial charge in [-0.2, -0.15) is 15.3 Å². The number of fused-ring (bicyclic) bond motifs is 5. The fraction of sp³-hybridized carbons (Fsp3) is 0.344. The van der Waals surface area contributed by atoms with Gasteiger partial charge in [-0.1, -0.05) is 6.07 Å². The summed E-state index contributed by atoms with van der Waals surface area (Å²) in [6.45, 7) is 8.99. The summed E-state index contributed by atoms with van der Waals surface area (Å²) < 4.78 is 25.4. The third-order valence-electron chi connectivity index (χ3n) is 8.32. The summed E-state index contributed by atoms with van der Waals surface area (Å²) in [5.41, 5.74) is 2.97. The Hall–Kier alpha value is -4.80. The van der Waals surface area contributed by atoms with Crippen LogP contribution in [0.3, 0.4) is 0 Å². The van der Waals surface area contributed by atoms with Crippen LogP contribution in [0.2, 0.25) is 0 Å². The number of carbonyl (C=O) groups is 1. The lowest BCUT2D eigenvalue weighted by atomic mass is 9.99. The summed E-state index contributed by atoms with van der Waals surface area (Å²) >= 11 is 0. The summed E-state index contributed by atoms with van der Waals surface area (Å²) in [7, 11) is 0. The third kappa shape index (κ3) is 4.41. The van der Waals surface area contributed by atoms with Crippen molar-refractivity contribution in [1.82, 2.24) is 34.0 Å². The summed E-state index contributed by atoms with van der Waals surface area (Å²) in [4.78, 5) is 29.4. The van der Waals surface area contributed by atoms with Gasteiger partial charge < -0.3 is 4.74 Å². The van der Waals surface area contributed by atoms with Gasteiger partial charge in [0.05, 0.1) is 35.5 Å². The molecule has 5 heterocycles. The van der Waals surface area contributed by atoms with Crippen LogP contribution in [-0.4, -0.2) is 51.7 Å². The van der Waals surface area contributed by atoms with Gasteiger partial charge in [-0.15, -0.1) is 0 Å². The lowest BCUT2D eigenvalue weighted by Gasteiger charge is -2.35. The minimum Gasteiger partial charge on any atom is -0.444 e. The van der Waals surface area contributed by atoms with Crippen LogP contribution in [0.25, 0.3) is 28.0 Å².